The van der Waals surface area contributed by atoms with E-state index >= 15 is 0 Å². The van der Waals surface area contributed by atoms with Crippen molar-refractivity contribution in [2.75, 3.05) is 43.5 Å². The molecule has 2 aliphatic heterocycles. The van der Waals surface area contributed by atoms with E-state index < -0.39 is 10.0 Å². The van der Waals surface area contributed by atoms with Gasteiger partial charge in [0.1, 0.15) is 5.75 Å². The molecule has 2 saturated heterocycles. The van der Waals surface area contributed by atoms with Gasteiger partial charge in [-0.2, -0.15) is 4.31 Å². The van der Waals surface area contributed by atoms with Crippen LogP contribution in [-0.4, -0.2) is 51.9 Å². The lowest BCUT2D eigenvalue weighted by atomic mass is 9.97. The molecular formula is C24H31N3O4S. The fraction of sp³-hybridized carbons (Fsp3) is 0.458. The second kappa shape index (κ2) is 9.50. The van der Waals surface area contributed by atoms with Crippen LogP contribution in [0.25, 0.3) is 0 Å². The average molecular weight is 458 g/mol. The highest BCUT2D eigenvalue weighted by molar-refractivity contribution is 7.89. The van der Waals surface area contributed by atoms with Crippen molar-refractivity contribution in [3.05, 3.63) is 48.0 Å². The maximum atomic E-state index is 12.9. The maximum absolute atomic E-state index is 12.9. The Morgan fingerprint density at radius 1 is 1.00 bits per heavy atom. The molecular weight excluding hydrogens is 426 g/mol. The van der Waals surface area contributed by atoms with Crippen LogP contribution < -0.4 is 15.0 Å². The molecule has 2 aromatic carbocycles. The molecule has 8 heteroatoms. The van der Waals surface area contributed by atoms with Crippen molar-refractivity contribution in [2.45, 2.75) is 37.5 Å². The number of hydrogen-bond donors (Lipinski definition) is 1. The summed E-state index contributed by atoms with van der Waals surface area (Å²) in [7, 11) is -2.03. The normalized spacial score (nSPS) is 18.0. The highest BCUT2D eigenvalue weighted by Gasteiger charge is 2.32. The molecule has 0 bridgehead atoms. The first-order valence-electron chi connectivity index (χ1n) is 11.2. The highest BCUT2D eigenvalue weighted by atomic mass is 32.2. The van der Waals surface area contributed by atoms with Crippen molar-refractivity contribution < 1.29 is 17.9 Å². The van der Waals surface area contributed by atoms with Gasteiger partial charge in [0.25, 0.3) is 0 Å². The van der Waals surface area contributed by atoms with E-state index in [4.69, 9.17) is 4.74 Å². The second-order valence-corrected chi connectivity index (χ2v) is 10.5. The molecule has 0 radical (unpaired) electrons. The minimum atomic E-state index is -3.57. The molecule has 4 rings (SSSR count). The third kappa shape index (κ3) is 4.76. The van der Waals surface area contributed by atoms with Gasteiger partial charge in [-0.3, -0.25) is 4.79 Å². The first-order chi connectivity index (χ1) is 15.4. The zero-order valence-electron chi connectivity index (χ0n) is 18.7. The van der Waals surface area contributed by atoms with Crippen LogP contribution in [0.4, 0.5) is 11.4 Å². The fourth-order valence-electron chi connectivity index (χ4n) is 4.55. The molecule has 2 heterocycles. The quantitative estimate of drug-likeness (QED) is 0.717. The van der Waals surface area contributed by atoms with E-state index in [0.717, 1.165) is 24.3 Å². The minimum Gasteiger partial charge on any atom is -0.497 e. The monoisotopic (exact) mass is 457 g/mol. The molecule has 0 atom stereocenters. The lowest BCUT2D eigenvalue weighted by Gasteiger charge is -2.30. The summed E-state index contributed by atoms with van der Waals surface area (Å²) in [5.74, 6) is 0.374. The largest absolute Gasteiger partial charge is 0.497 e. The second-order valence-electron chi connectivity index (χ2n) is 8.54. The first kappa shape index (κ1) is 22.6. The van der Waals surface area contributed by atoms with E-state index in [1.807, 2.05) is 12.1 Å². The summed E-state index contributed by atoms with van der Waals surface area (Å²) in [6.07, 6.45) is 3.47. The van der Waals surface area contributed by atoms with E-state index in [2.05, 4.69) is 23.2 Å². The van der Waals surface area contributed by atoms with Gasteiger partial charge in [0, 0.05) is 43.5 Å². The predicted molar refractivity (Wildman–Crippen MR) is 126 cm³/mol. The van der Waals surface area contributed by atoms with Crippen LogP contribution in [0.3, 0.4) is 0 Å². The standard InChI is InChI=1S/C24H31N3O4S/c1-18-17-20(5-10-23(18)26-13-3-4-14-26)25-24(28)19-11-15-27(16-12-19)32(29,30)22-8-6-21(31-2)7-9-22/h5-10,17,19H,3-4,11-16H2,1-2H3,(H,25,28). The van der Waals surface area contributed by atoms with Crippen molar-refractivity contribution in [1.29, 1.82) is 0 Å². The number of rotatable bonds is 6. The predicted octanol–water partition coefficient (Wildman–Crippen LogP) is 3.64. The van der Waals surface area contributed by atoms with Gasteiger partial charge in [-0.25, -0.2) is 8.42 Å². The zero-order valence-corrected chi connectivity index (χ0v) is 19.5. The Bertz CT molecular complexity index is 1060. The summed E-state index contributed by atoms with van der Waals surface area (Å²) in [6.45, 7) is 4.92. The number of aryl methyl sites for hydroxylation is 1. The van der Waals surface area contributed by atoms with Crippen LogP contribution in [0, 0.1) is 12.8 Å². The Balaban J connectivity index is 1.34. The number of ether oxygens (including phenoxy) is 1. The number of piperidine rings is 1. The molecule has 2 aromatic rings. The third-order valence-electron chi connectivity index (χ3n) is 6.43. The van der Waals surface area contributed by atoms with E-state index in [9.17, 15) is 13.2 Å². The lowest BCUT2D eigenvalue weighted by Crippen LogP contribution is -2.41. The minimum absolute atomic E-state index is 0.0418. The number of nitrogens with zero attached hydrogens (tertiary/aromatic N) is 2. The Labute approximate surface area is 190 Å². The van der Waals surface area contributed by atoms with E-state index in [0.29, 0.717) is 31.7 Å². The fourth-order valence-corrected chi connectivity index (χ4v) is 6.02. The number of carbonyl (C=O) groups excluding carboxylic acids is 1. The maximum Gasteiger partial charge on any atom is 0.243 e. The molecule has 2 fully saturated rings. The van der Waals surface area contributed by atoms with Gasteiger partial charge in [-0.1, -0.05) is 0 Å². The topological polar surface area (TPSA) is 79.0 Å². The van der Waals surface area contributed by atoms with Crippen molar-refractivity contribution in [1.82, 2.24) is 4.31 Å². The van der Waals surface area contributed by atoms with Crippen molar-refractivity contribution in [2.24, 2.45) is 5.92 Å². The highest BCUT2D eigenvalue weighted by Crippen LogP contribution is 2.29. The summed E-state index contributed by atoms with van der Waals surface area (Å²) >= 11 is 0. The number of sulfonamides is 1. The number of nitrogens with one attached hydrogen (secondary N) is 1. The summed E-state index contributed by atoms with van der Waals surface area (Å²) in [6, 6.07) is 12.5. The molecule has 2 aliphatic rings. The molecule has 0 aliphatic carbocycles. The van der Waals surface area contributed by atoms with Crippen LogP contribution in [0.15, 0.2) is 47.4 Å². The number of hydrogen-bond acceptors (Lipinski definition) is 5. The van der Waals surface area contributed by atoms with Gasteiger partial charge in [0.15, 0.2) is 0 Å². The SMILES string of the molecule is COc1ccc(S(=O)(=O)N2CCC(C(=O)Nc3ccc(N4CCCC4)c(C)c3)CC2)cc1. The van der Waals surface area contributed by atoms with E-state index in [1.165, 1.54) is 22.8 Å². The van der Waals surface area contributed by atoms with Crippen LogP contribution in [0.1, 0.15) is 31.2 Å². The summed E-state index contributed by atoms with van der Waals surface area (Å²) in [4.78, 5) is 15.4. The van der Waals surface area contributed by atoms with E-state index in [-0.39, 0.29) is 16.7 Å². The molecule has 0 aromatic heterocycles. The molecule has 7 nitrogen and oxygen atoms in total. The third-order valence-corrected chi connectivity index (χ3v) is 8.35. The summed E-state index contributed by atoms with van der Waals surface area (Å²) < 4.78 is 32.4. The van der Waals surface area contributed by atoms with Crippen LogP contribution in [0.5, 0.6) is 5.75 Å². The van der Waals surface area contributed by atoms with Gasteiger partial charge >= 0.3 is 0 Å². The number of methoxy groups -OCH3 is 1. The van der Waals surface area contributed by atoms with Gasteiger partial charge in [0.2, 0.25) is 15.9 Å². The average Bonchev–Trinajstić information content (AvgIpc) is 3.34. The van der Waals surface area contributed by atoms with Crippen molar-refractivity contribution in [3.8, 4) is 5.75 Å². The van der Waals surface area contributed by atoms with Crippen LogP contribution >= 0.6 is 0 Å². The Hall–Kier alpha value is -2.58. The van der Waals surface area contributed by atoms with Crippen molar-refractivity contribution in [3.63, 3.8) is 0 Å². The van der Waals surface area contributed by atoms with Crippen LogP contribution in [0.2, 0.25) is 0 Å². The van der Waals surface area contributed by atoms with Gasteiger partial charge in [0.05, 0.1) is 12.0 Å². The summed E-state index contributed by atoms with van der Waals surface area (Å²) in [5, 5.41) is 3.03. The Kier molecular flexibility index (Phi) is 6.71. The first-order valence-corrected chi connectivity index (χ1v) is 12.6. The number of anilines is 2. The molecule has 1 N–H and O–H groups in total. The summed E-state index contributed by atoms with van der Waals surface area (Å²) in [5.41, 5.74) is 3.19. The number of benzene rings is 2. The van der Waals surface area contributed by atoms with Gasteiger partial charge < -0.3 is 15.0 Å². The Morgan fingerprint density at radius 2 is 1.66 bits per heavy atom. The molecule has 0 saturated carbocycles. The molecule has 0 spiro atoms. The smallest absolute Gasteiger partial charge is 0.243 e. The lowest BCUT2D eigenvalue weighted by molar-refractivity contribution is -0.120. The molecule has 1 amide bonds. The number of amides is 1. The van der Waals surface area contributed by atoms with Crippen LogP contribution in [-0.2, 0) is 14.8 Å². The molecule has 172 valence electrons. The number of carbonyl (C=O) groups is 1. The van der Waals surface area contributed by atoms with Crippen molar-refractivity contribution >= 4 is 27.3 Å². The molecule has 32 heavy (non-hydrogen) atoms. The Morgan fingerprint density at radius 3 is 2.25 bits per heavy atom. The van der Waals surface area contributed by atoms with E-state index in [1.54, 1.807) is 31.4 Å². The van der Waals surface area contributed by atoms with Gasteiger partial charge in [-0.15, -0.1) is 0 Å². The van der Waals surface area contributed by atoms with Gasteiger partial charge in [-0.05, 0) is 80.6 Å². The molecule has 0 unspecified atom stereocenters. The zero-order chi connectivity index (χ0) is 22.7.